The summed E-state index contributed by atoms with van der Waals surface area (Å²) in [5, 5.41) is 0.649. The Morgan fingerprint density at radius 3 is 1.82 bits per heavy atom. The normalized spacial score (nSPS) is 34.4. The van der Waals surface area contributed by atoms with Crippen LogP contribution in [0.25, 0.3) is 0 Å². The lowest BCUT2D eigenvalue weighted by molar-refractivity contribution is -0.124. The van der Waals surface area contributed by atoms with Gasteiger partial charge in [-0.25, -0.2) is 0 Å². The molecule has 0 unspecified atom stereocenters. The summed E-state index contributed by atoms with van der Waals surface area (Å²) in [5.41, 5.74) is 0.626. The summed E-state index contributed by atoms with van der Waals surface area (Å²) in [6, 6.07) is 14.3. The van der Waals surface area contributed by atoms with Crippen molar-refractivity contribution in [1.82, 2.24) is 0 Å². The monoisotopic (exact) mass is 391 g/mol. The van der Waals surface area contributed by atoms with Gasteiger partial charge in [0.1, 0.15) is 11.5 Å². The Labute approximate surface area is 167 Å². The molecule has 7 rings (SSSR count). The zero-order valence-corrected chi connectivity index (χ0v) is 15.8. The van der Waals surface area contributed by atoms with E-state index in [1.807, 2.05) is 0 Å². The molecule has 4 aliphatic carbocycles. The second-order valence-corrected chi connectivity index (χ2v) is 8.65. The molecule has 1 heterocycles. The van der Waals surface area contributed by atoms with Crippen molar-refractivity contribution >= 4 is 29.1 Å². The Morgan fingerprint density at radius 1 is 0.786 bits per heavy atom. The maximum atomic E-state index is 13.1. The van der Waals surface area contributed by atoms with Crippen LogP contribution in [0.1, 0.15) is 6.42 Å². The number of carbonyl (C=O) groups is 2. The van der Waals surface area contributed by atoms with E-state index in [0.29, 0.717) is 34.0 Å². The number of rotatable bonds is 3. The molecule has 0 spiro atoms. The fraction of sp³-hybridized carbons (Fsp3) is 0.304. The first-order valence-corrected chi connectivity index (χ1v) is 10.1. The number of hydrogen-bond acceptors (Lipinski definition) is 3. The molecule has 0 N–H and O–H groups in total. The van der Waals surface area contributed by atoms with Crippen molar-refractivity contribution in [3.63, 3.8) is 0 Å². The van der Waals surface area contributed by atoms with E-state index in [2.05, 4.69) is 12.2 Å². The molecule has 6 atom stereocenters. The third-order valence-electron chi connectivity index (χ3n) is 6.81. The predicted molar refractivity (Wildman–Crippen MR) is 105 cm³/mol. The molecule has 5 aliphatic rings. The van der Waals surface area contributed by atoms with Crippen LogP contribution in [0.4, 0.5) is 5.69 Å². The number of nitrogens with zero attached hydrogens (tertiary/aromatic N) is 1. The summed E-state index contributed by atoms with van der Waals surface area (Å²) in [5.74, 6) is 2.63. The molecule has 1 aliphatic heterocycles. The third kappa shape index (κ3) is 2.24. The summed E-state index contributed by atoms with van der Waals surface area (Å²) in [7, 11) is 0. The van der Waals surface area contributed by atoms with E-state index < -0.39 is 0 Å². The molecule has 1 saturated heterocycles. The number of amides is 2. The quantitative estimate of drug-likeness (QED) is 0.563. The van der Waals surface area contributed by atoms with E-state index in [1.165, 1.54) is 11.3 Å². The number of benzene rings is 2. The molecule has 3 fully saturated rings. The fourth-order valence-electron chi connectivity index (χ4n) is 5.51. The molecule has 28 heavy (non-hydrogen) atoms. The second kappa shape index (κ2) is 5.71. The lowest BCUT2D eigenvalue weighted by Gasteiger charge is -2.37. The first kappa shape index (κ1) is 16.4. The number of allylic oxidation sites excluding steroid dienone is 2. The van der Waals surface area contributed by atoms with Gasteiger partial charge in [-0.3, -0.25) is 14.5 Å². The van der Waals surface area contributed by atoms with E-state index in [4.69, 9.17) is 16.3 Å². The van der Waals surface area contributed by atoms with Crippen LogP contribution in [-0.2, 0) is 9.59 Å². The summed E-state index contributed by atoms with van der Waals surface area (Å²) < 4.78 is 5.81. The number of carbonyl (C=O) groups excluding carboxylic acids is 2. The van der Waals surface area contributed by atoms with Gasteiger partial charge >= 0.3 is 0 Å². The fourth-order valence-corrected chi connectivity index (χ4v) is 5.64. The van der Waals surface area contributed by atoms with Crippen molar-refractivity contribution in [2.24, 2.45) is 35.5 Å². The Kier molecular flexibility index (Phi) is 3.34. The minimum atomic E-state index is -0.170. The molecular weight excluding hydrogens is 374 g/mol. The third-order valence-corrected chi connectivity index (χ3v) is 7.06. The highest BCUT2D eigenvalue weighted by Crippen LogP contribution is 2.65. The van der Waals surface area contributed by atoms with E-state index in [0.717, 1.165) is 0 Å². The molecule has 2 bridgehead atoms. The molecule has 0 radical (unpaired) electrons. The molecule has 4 nitrogen and oxygen atoms in total. The molecule has 2 aromatic rings. The van der Waals surface area contributed by atoms with Crippen LogP contribution in [0.2, 0.25) is 5.02 Å². The first-order chi connectivity index (χ1) is 13.6. The zero-order chi connectivity index (χ0) is 19.0. The molecule has 0 aromatic heterocycles. The van der Waals surface area contributed by atoms with E-state index in [-0.39, 0.29) is 35.5 Å². The van der Waals surface area contributed by atoms with Crippen molar-refractivity contribution in [1.29, 1.82) is 0 Å². The van der Waals surface area contributed by atoms with Crippen LogP contribution >= 0.6 is 11.6 Å². The summed E-state index contributed by atoms with van der Waals surface area (Å²) in [4.78, 5) is 27.7. The van der Waals surface area contributed by atoms with Crippen molar-refractivity contribution in [3.05, 3.63) is 65.7 Å². The molecule has 2 aromatic carbocycles. The minimum absolute atomic E-state index is 0.0360. The van der Waals surface area contributed by atoms with Crippen LogP contribution in [0.3, 0.4) is 0 Å². The largest absolute Gasteiger partial charge is 0.457 e. The van der Waals surface area contributed by atoms with Gasteiger partial charge in [0.25, 0.3) is 0 Å². The Hall–Kier alpha value is -2.59. The Bertz CT molecular complexity index is 977. The van der Waals surface area contributed by atoms with Crippen LogP contribution < -0.4 is 9.64 Å². The number of ether oxygens (including phenoxy) is 1. The number of hydrogen-bond donors (Lipinski definition) is 0. The van der Waals surface area contributed by atoms with Gasteiger partial charge in [-0.2, -0.15) is 0 Å². The van der Waals surface area contributed by atoms with E-state index in [1.54, 1.807) is 48.5 Å². The average molecular weight is 392 g/mol. The molecule has 2 amide bonds. The van der Waals surface area contributed by atoms with E-state index in [9.17, 15) is 9.59 Å². The predicted octanol–water partition coefficient (Wildman–Crippen LogP) is 4.69. The van der Waals surface area contributed by atoms with Crippen molar-refractivity contribution in [2.75, 3.05) is 4.90 Å². The van der Waals surface area contributed by atoms with Crippen molar-refractivity contribution in [3.8, 4) is 11.5 Å². The second-order valence-electron chi connectivity index (χ2n) is 8.22. The van der Waals surface area contributed by atoms with Gasteiger partial charge in [0.2, 0.25) is 11.8 Å². The van der Waals surface area contributed by atoms with Crippen LogP contribution in [0, 0.1) is 35.5 Å². The lowest BCUT2D eigenvalue weighted by Crippen LogP contribution is -2.40. The minimum Gasteiger partial charge on any atom is -0.457 e. The van der Waals surface area contributed by atoms with Gasteiger partial charge in [-0.15, -0.1) is 0 Å². The maximum Gasteiger partial charge on any atom is 0.238 e. The average Bonchev–Trinajstić information content (AvgIpc) is 3.49. The van der Waals surface area contributed by atoms with Gasteiger partial charge in [0.05, 0.1) is 17.5 Å². The zero-order valence-electron chi connectivity index (χ0n) is 15.0. The van der Waals surface area contributed by atoms with Crippen LogP contribution in [-0.4, -0.2) is 11.8 Å². The van der Waals surface area contributed by atoms with Crippen LogP contribution in [0.5, 0.6) is 11.5 Å². The lowest BCUT2D eigenvalue weighted by atomic mass is 9.63. The molecular formula is C23H18ClNO3. The van der Waals surface area contributed by atoms with E-state index >= 15 is 0 Å². The Balaban J connectivity index is 1.26. The highest BCUT2D eigenvalue weighted by atomic mass is 35.5. The molecule has 140 valence electrons. The van der Waals surface area contributed by atoms with Gasteiger partial charge in [0.15, 0.2) is 0 Å². The summed E-state index contributed by atoms with van der Waals surface area (Å²) >= 11 is 5.89. The summed E-state index contributed by atoms with van der Waals surface area (Å²) in [6.07, 6.45) is 5.56. The van der Waals surface area contributed by atoms with Crippen molar-refractivity contribution < 1.29 is 14.3 Å². The smallest absolute Gasteiger partial charge is 0.238 e. The van der Waals surface area contributed by atoms with Gasteiger partial charge in [-0.1, -0.05) is 23.8 Å². The Morgan fingerprint density at radius 2 is 1.29 bits per heavy atom. The standard InChI is InChI=1S/C23H18ClNO3/c24-12-1-5-14(6-2-12)28-15-7-3-13(4-8-15)25-22(26)20-16-9-10-17(19-11-18(16)19)21(20)23(25)27/h1-10,16-21H,11H2/t16-,17+,18-,19-,20+,21+/m1/s1. The maximum absolute atomic E-state index is 13.1. The number of anilines is 1. The van der Waals surface area contributed by atoms with Gasteiger partial charge in [0, 0.05) is 5.02 Å². The van der Waals surface area contributed by atoms with Gasteiger partial charge in [-0.05, 0) is 78.6 Å². The van der Waals surface area contributed by atoms with Crippen LogP contribution in [0.15, 0.2) is 60.7 Å². The highest BCUT2D eigenvalue weighted by molar-refractivity contribution is 6.30. The molecule has 5 heteroatoms. The molecule has 2 saturated carbocycles. The van der Waals surface area contributed by atoms with Gasteiger partial charge < -0.3 is 4.74 Å². The topological polar surface area (TPSA) is 46.6 Å². The number of imide groups is 1. The highest BCUT2D eigenvalue weighted by Gasteiger charge is 2.67. The first-order valence-electron chi connectivity index (χ1n) is 9.71. The van der Waals surface area contributed by atoms with Crippen molar-refractivity contribution in [2.45, 2.75) is 6.42 Å². The number of halogens is 1. The summed E-state index contributed by atoms with van der Waals surface area (Å²) in [6.45, 7) is 0. The SMILES string of the molecule is O=C1[C@H]2[C@@H]3C=C[C@@H]([C@H]4C[C@H]34)[C@@H]2C(=O)N1c1ccc(Oc2ccc(Cl)cc2)cc1.